The van der Waals surface area contributed by atoms with E-state index in [2.05, 4.69) is 17.9 Å². The number of thiol groups is 1. The number of amides is 1. The number of nitrogens with one attached hydrogen (secondary N) is 1. The normalized spacial score (nSPS) is 15.3. The zero-order chi connectivity index (χ0) is 9.56. The third-order valence-electron chi connectivity index (χ3n) is 1.34. The molecule has 0 aliphatic rings. The molecular weight excluding hydrogens is 174 g/mol. The zero-order valence-corrected chi connectivity index (χ0v) is 8.73. The molecule has 2 unspecified atom stereocenters. The summed E-state index contributed by atoms with van der Waals surface area (Å²) in [6, 6.07) is 0.0621. The van der Waals surface area contributed by atoms with Crippen LogP contribution in [0, 0.1) is 0 Å². The van der Waals surface area contributed by atoms with Gasteiger partial charge in [0, 0.05) is 12.6 Å². The van der Waals surface area contributed by atoms with Crippen LogP contribution in [0.1, 0.15) is 20.8 Å². The maximum absolute atomic E-state index is 11.1. The third-order valence-corrected chi connectivity index (χ3v) is 1.57. The molecule has 0 aliphatic heterocycles. The molecule has 0 aromatic rings. The topological polar surface area (TPSA) is 38.3 Å². The molecule has 4 heteroatoms. The van der Waals surface area contributed by atoms with Crippen molar-refractivity contribution in [3.05, 3.63) is 0 Å². The van der Waals surface area contributed by atoms with Crippen LogP contribution in [0.4, 0.5) is 0 Å². The summed E-state index contributed by atoms with van der Waals surface area (Å²) in [4.78, 5) is 11.1. The molecule has 0 heterocycles. The summed E-state index contributed by atoms with van der Waals surface area (Å²) in [7, 11) is 0. The highest BCUT2D eigenvalue weighted by Crippen LogP contribution is 1.93. The molecule has 0 fully saturated rings. The van der Waals surface area contributed by atoms with Crippen molar-refractivity contribution in [2.45, 2.75) is 32.1 Å². The summed E-state index contributed by atoms with van der Waals surface area (Å²) in [5.41, 5.74) is 0. The maximum Gasteiger partial charge on any atom is 0.232 e. The lowest BCUT2D eigenvalue weighted by Gasteiger charge is -2.14. The van der Waals surface area contributed by atoms with E-state index in [-0.39, 0.29) is 17.2 Å². The molecule has 3 nitrogen and oxygen atoms in total. The summed E-state index contributed by atoms with van der Waals surface area (Å²) in [5.74, 6) is -0.0504. The molecule has 0 aromatic carbocycles. The Morgan fingerprint density at radius 2 is 2.17 bits per heavy atom. The number of rotatable bonds is 5. The Kier molecular flexibility index (Phi) is 6.20. The van der Waals surface area contributed by atoms with Gasteiger partial charge in [-0.25, -0.2) is 0 Å². The molecule has 1 N–H and O–H groups in total. The molecule has 2 atom stereocenters. The fraction of sp³-hybridized carbons (Fsp3) is 0.875. The second kappa shape index (κ2) is 6.31. The van der Waals surface area contributed by atoms with Gasteiger partial charge >= 0.3 is 0 Å². The average Bonchev–Trinajstić information content (AvgIpc) is 2.00. The highest BCUT2D eigenvalue weighted by atomic mass is 32.1. The Morgan fingerprint density at radius 1 is 1.58 bits per heavy atom. The molecule has 0 saturated carbocycles. The van der Waals surface area contributed by atoms with E-state index in [1.165, 1.54) is 0 Å². The summed E-state index contributed by atoms with van der Waals surface area (Å²) >= 11 is 4.01. The van der Waals surface area contributed by atoms with E-state index in [0.29, 0.717) is 13.2 Å². The fourth-order valence-corrected chi connectivity index (χ4v) is 0.774. The minimum absolute atomic E-state index is 0.0504. The predicted octanol–water partition coefficient (Wildman–Crippen LogP) is 0.846. The summed E-state index contributed by atoms with van der Waals surface area (Å²) in [5, 5.41) is 2.52. The van der Waals surface area contributed by atoms with E-state index in [1.807, 2.05) is 13.8 Å². The number of hydrogen-bond donors (Lipinski definition) is 2. The second-order valence-electron chi connectivity index (χ2n) is 2.75. The van der Waals surface area contributed by atoms with Crippen molar-refractivity contribution < 1.29 is 9.53 Å². The van der Waals surface area contributed by atoms with Gasteiger partial charge in [0.15, 0.2) is 0 Å². The smallest absolute Gasteiger partial charge is 0.232 e. The molecule has 0 aliphatic carbocycles. The van der Waals surface area contributed by atoms with Crippen LogP contribution in [-0.4, -0.2) is 30.4 Å². The molecule has 12 heavy (non-hydrogen) atoms. The minimum Gasteiger partial charge on any atom is -0.380 e. The quantitative estimate of drug-likeness (QED) is 0.632. The van der Waals surface area contributed by atoms with Gasteiger partial charge in [0.05, 0.1) is 11.9 Å². The van der Waals surface area contributed by atoms with Crippen molar-refractivity contribution in [3.63, 3.8) is 0 Å². The molecular formula is C8H17NO2S. The van der Waals surface area contributed by atoms with Crippen molar-refractivity contribution in [1.82, 2.24) is 5.32 Å². The SMILES string of the molecule is CCOCC(C)NC(=O)C(C)S. The summed E-state index contributed by atoms with van der Waals surface area (Å²) < 4.78 is 5.14. The van der Waals surface area contributed by atoms with Crippen molar-refractivity contribution in [2.75, 3.05) is 13.2 Å². The van der Waals surface area contributed by atoms with Gasteiger partial charge in [-0.15, -0.1) is 0 Å². The highest BCUT2D eigenvalue weighted by Gasteiger charge is 2.10. The zero-order valence-electron chi connectivity index (χ0n) is 7.83. The van der Waals surface area contributed by atoms with Crippen molar-refractivity contribution >= 4 is 18.5 Å². The van der Waals surface area contributed by atoms with Gasteiger partial charge in [-0.05, 0) is 20.8 Å². The van der Waals surface area contributed by atoms with E-state index in [4.69, 9.17) is 4.74 Å². The van der Waals surface area contributed by atoms with Gasteiger partial charge in [-0.1, -0.05) is 0 Å². The molecule has 0 rings (SSSR count). The van der Waals surface area contributed by atoms with Gasteiger partial charge in [0.1, 0.15) is 0 Å². The Labute approximate surface area is 79.3 Å². The molecule has 0 spiro atoms. The molecule has 1 amide bonds. The van der Waals surface area contributed by atoms with Crippen LogP contribution in [0.5, 0.6) is 0 Å². The van der Waals surface area contributed by atoms with Crippen molar-refractivity contribution in [2.24, 2.45) is 0 Å². The Morgan fingerprint density at radius 3 is 2.58 bits per heavy atom. The Bertz CT molecular complexity index is 139. The first kappa shape index (κ1) is 11.8. The van der Waals surface area contributed by atoms with E-state index < -0.39 is 0 Å². The summed E-state index contributed by atoms with van der Waals surface area (Å²) in [6.07, 6.45) is 0. The third kappa shape index (κ3) is 5.43. The van der Waals surface area contributed by atoms with Crippen LogP contribution >= 0.6 is 12.6 Å². The molecule has 0 bridgehead atoms. The van der Waals surface area contributed by atoms with Crippen LogP contribution in [0.2, 0.25) is 0 Å². The van der Waals surface area contributed by atoms with E-state index in [1.54, 1.807) is 6.92 Å². The fourth-order valence-electron chi connectivity index (χ4n) is 0.700. The van der Waals surface area contributed by atoms with E-state index in [9.17, 15) is 4.79 Å². The van der Waals surface area contributed by atoms with Gasteiger partial charge in [-0.2, -0.15) is 12.6 Å². The summed E-state index contributed by atoms with van der Waals surface area (Å²) in [6.45, 7) is 6.81. The monoisotopic (exact) mass is 191 g/mol. The van der Waals surface area contributed by atoms with Gasteiger partial charge in [0.25, 0.3) is 0 Å². The molecule has 72 valence electrons. The number of ether oxygens (including phenoxy) is 1. The standard InChI is InChI=1S/C8H17NO2S/c1-4-11-5-6(2)9-8(10)7(3)12/h6-7,12H,4-5H2,1-3H3,(H,9,10). The first-order valence-electron chi connectivity index (χ1n) is 4.14. The lowest BCUT2D eigenvalue weighted by atomic mass is 10.3. The number of carbonyl (C=O) groups excluding carboxylic acids is 1. The lowest BCUT2D eigenvalue weighted by Crippen LogP contribution is -2.39. The minimum atomic E-state index is -0.255. The maximum atomic E-state index is 11.1. The van der Waals surface area contributed by atoms with Crippen molar-refractivity contribution in [3.8, 4) is 0 Å². The second-order valence-corrected chi connectivity index (χ2v) is 3.52. The van der Waals surface area contributed by atoms with Crippen LogP contribution in [0.15, 0.2) is 0 Å². The van der Waals surface area contributed by atoms with Crippen LogP contribution in [0.3, 0.4) is 0 Å². The van der Waals surface area contributed by atoms with Gasteiger partial charge < -0.3 is 10.1 Å². The predicted molar refractivity (Wildman–Crippen MR) is 52.5 cm³/mol. The Balaban J connectivity index is 3.54. The molecule has 0 saturated heterocycles. The van der Waals surface area contributed by atoms with Crippen molar-refractivity contribution in [1.29, 1.82) is 0 Å². The number of hydrogen-bond acceptors (Lipinski definition) is 3. The van der Waals surface area contributed by atoms with E-state index >= 15 is 0 Å². The molecule has 0 radical (unpaired) electrons. The van der Waals surface area contributed by atoms with Gasteiger partial charge in [0.2, 0.25) is 5.91 Å². The largest absolute Gasteiger partial charge is 0.380 e. The lowest BCUT2D eigenvalue weighted by molar-refractivity contribution is -0.121. The van der Waals surface area contributed by atoms with Crippen LogP contribution in [-0.2, 0) is 9.53 Å². The van der Waals surface area contributed by atoms with Crippen LogP contribution in [0.25, 0.3) is 0 Å². The average molecular weight is 191 g/mol. The highest BCUT2D eigenvalue weighted by molar-refractivity contribution is 7.81. The number of carbonyl (C=O) groups is 1. The van der Waals surface area contributed by atoms with Gasteiger partial charge in [-0.3, -0.25) is 4.79 Å². The van der Waals surface area contributed by atoms with E-state index in [0.717, 1.165) is 0 Å². The first-order chi connectivity index (χ1) is 5.57. The first-order valence-corrected chi connectivity index (χ1v) is 4.65. The van der Waals surface area contributed by atoms with Crippen LogP contribution < -0.4 is 5.32 Å². The Hall–Kier alpha value is -0.220. The molecule has 0 aromatic heterocycles.